The molecule has 0 amide bonds. The highest BCUT2D eigenvalue weighted by Crippen LogP contribution is 2.44. The van der Waals surface area contributed by atoms with Gasteiger partial charge in [-0.15, -0.1) is 0 Å². The van der Waals surface area contributed by atoms with Crippen molar-refractivity contribution in [2.24, 2.45) is 7.05 Å². The Morgan fingerprint density at radius 3 is 1.88 bits per heavy atom. The summed E-state index contributed by atoms with van der Waals surface area (Å²) in [4.78, 5) is 10.6. The van der Waals surface area contributed by atoms with Crippen molar-refractivity contribution in [2.45, 2.75) is 0 Å². The van der Waals surface area contributed by atoms with Crippen molar-refractivity contribution in [3.8, 4) is 16.8 Å². The fourth-order valence-electron chi connectivity index (χ4n) is 8.70. The number of para-hydroxylation sites is 5. The number of rotatable bonds is 2. The Hall–Kier alpha value is -6.72. The Morgan fingerprint density at radius 1 is 0.420 bits per heavy atom. The summed E-state index contributed by atoms with van der Waals surface area (Å²) in [6.07, 6.45) is 0. The average molecular weight is 638 g/mol. The first-order valence-electron chi connectivity index (χ1n) is 17.1. The average Bonchev–Trinajstić information content (AvgIpc) is 3.87. The fourth-order valence-corrected chi connectivity index (χ4v) is 8.70. The van der Waals surface area contributed by atoms with E-state index >= 15 is 0 Å². The molecular formula is C45H27N5. The summed E-state index contributed by atoms with van der Waals surface area (Å²) in [7, 11) is 2.15. The second-order valence-corrected chi connectivity index (χ2v) is 13.5. The normalized spacial score (nSPS) is 12.5. The van der Waals surface area contributed by atoms with Gasteiger partial charge in [-0.25, -0.2) is 9.97 Å². The van der Waals surface area contributed by atoms with Gasteiger partial charge in [0.15, 0.2) is 5.65 Å². The summed E-state index contributed by atoms with van der Waals surface area (Å²) in [6, 6.07) is 52.7. The van der Waals surface area contributed by atoms with E-state index in [1.165, 1.54) is 71.0 Å². The van der Waals surface area contributed by atoms with Crippen LogP contribution >= 0.6 is 0 Å². The van der Waals surface area contributed by atoms with E-state index in [-0.39, 0.29) is 0 Å². The molecule has 50 heavy (non-hydrogen) atoms. The number of hydrogen-bond acceptors (Lipinski definition) is 2. The molecule has 0 aliphatic carbocycles. The molecule has 0 unspecified atom stereocenters. The van der Waals surface area contributed by atoms with Crippen molar-refractivity contribution in [2.75, 3.05) is 0 Å². The van der Waals surface area contributed by atoms with Crippen molar-refractivity contribution < 1.29 is 0 Å². The third kappa shape index (κ3) is 3.26. The predicted molar refractivity (Wildman–Crippen MR) is 208 cm³/mol. The van der Waals surface area contributed by atoms with Crippen LogP contribution in [-0.4, -0.2) is 23.5 Å². The number of aromatic nitrogens is 5. The quantitative estimate of drug-likeness (QED) is 0.189. The topological polar surface area (TPSA) is 40.0 Å². The van der Waals surface area contributed by atoms with Crippen LogP contribution in [0.15, 0.2) is 146 Å². The molecular weight excluding hydrogens is 611 g/mol. The van der Waals surface area contributed by atoms with E-state index in [4.69, 9.17) is 9.97 Å². The van der Waals surface area contributed by atoms with Gasteiger partial charge in [-0.05, 0) is 83.9 Å². The van der Waals surface area contributed by atoms with E-state index < -0.39 is 0 Å². The highest BCUT2D eigenvalue weighted by atomic mass is 15.0. The SMILES string of the molecule is Cn1c2ccccc2c2cc(-c3cc4c5cc6c7ccccc7n(-c7ccccc7)c6cc5n5c6nc7ccccc7nc6c(c3)c45)ccc21. The Kier molecular flexibility index (Phi) is 4.86. The highest BCUT2D eigenvalue weighted by Gasteiger charge is 2.24. The van der Waals surface area contributed by atoms with Gasteiger partial charge in [-0.3, -0.25) is 4.40 Å². The maximum Gasteiger partial charge on any atom is 0.165 e. The summed E-state index contributed by atoms with van der Waals surface area (Å²) in [5.74, 6) is 0. The number of hydrogen-bond donors (Lipinski definition) is 0. The van der Waals surface area contributed by atoms with Gasteiger partial charge in [-0.1, -0.05) is 72.8 Å². The lowest BCUT2D eigenvalue weighted by Crippen LogP contribution is -1.93. The van der Waals surface area contributed by atoms with Gasteiger partial charge in [0, 0.05) is 61.5 Å². The van der Waals surface area contributed by atoms with Gasteiger partial charge in [0.25, 0.3) is 0 Å². The minimum absolute atomic E-state index is 0.891. The van der Waals surface area contributed by atoms with E-state index in [2.05, 4.69) is 154 Å². The van der Waals surface area contributed by atoms with Crippen LogP contribution in [0.3, 0.4) is 0 Å². The smallest absolute Gasteiger partial charge is 0.165 e. The summed E-state index contributed by atoms with van der Waals surface area (Å²) < 4.78 is 7.04. The van der Waals surface area contributed by atoms with Gasteiger partial charge in [0.2, 0.25) is 0 Å². The van der Waals surface area contributed by atoms with Crippen LogP contribution in [0, 0.1) is 0 Å². The predicted octanol–water partition coefficient (Wildman–Crippen LogP) is 11.2. The van der Waals surface area contributed by atoms with Crippen LogP contribution in [0.4, 0.5) is 0 Å². The zero-order valence-corrected chi connectivity index (χ0v) is 27.1. The van der Waals surface area contributed by atoms with Gasteiger partial charge in [-0.2, -0.15) is 0 Å². The molecule has 0 N–H and O–H groups in total. The standard InChI is InChI=1S/C45H27N5/c1-48-38-17-9-5-13-29(38)31-21-26(19-20-39(31)48)27-22-34-33-24-32-30-14-6-10-18-40(30)49(28-11-3-2-4-12-28)41(32)25-42(33)50-44(34)35(23-27)43-45(50)47-37-16-8-7-15-36(37)46-43/h2-25H,1H3. The van der Waals surface area contributed by atoms with Gasteiger partial charge in [0.1, 0.15) is 5.52 Å². The monoisotopic (exact) mass is 637 g/mol. The first-order chi connectivity index (χ1) is 24.7. The number of benzene rings is 7. The molecule has 0 bridgehead atoms. The van der Waals surface area contributed by atoms with Gasteiger partial charge >= 0.3 is 0 Å². The lowest BCUT2D eigenvalue weighted by molar-refractivity contribution is 1.01. The molecule has 0 saturated carbocycles. The molecule has 0 saturated heterocycles. The fraction of sp³-hybridized carbons (Fsp3) is 0.0222. The molecule has 12 rings (SSSR count). The molecule has 5 heteroatoms. The minimum Gasteiger partial charge on any atom is -0.344 e. The Balaban J connectivity index is 1.25. The Morgan fingerprint density at radius 2 is 1.04 bits per heavy atom. The van der Waals surface area contributed by atoms with E-state index in [0.717, 1.165) is 38.8 Å². The van der Waals surface area contributed by atoms with Crippen molar-refractivity contribution in [1.82, 2.24) is 23.5 Å². The Bertz CT molecular complexity index is 3380. The second kappa shape index (κ2) is 9.24. The van der Waals surface area contributed by atoms with E-state index in [1.807, 2.05) is 12.1 Å². The van der Waals surface area contributed by atoms with Gasteiger partial charge in [0.05, 0.1) is 33.1 Å². The largest absolute Gasteiger partial charge is 0.344 e. The second-order valence-electron chi connectivity index (χ2n) is 13.5. The molecule has 7 aromatic carbocycles. The van der Waals surface area contributed by atoms with Gasteiger partial charge < -0.3 is 9.13 Å². The zero-order chi connectivity index (χ0) is 32.7. The maximum absolute atomic E-state index is 5.29. The number of fused-ring (bicyclic) bond motifs is 13. The third-order valence-corrected chi connectivity index (χ3v) is 10.9. The molecule has 0 aliphatic rings. The highest BCUT2D eigenvalue weighted by molar-refractivity contribution is 6.26. The molecule has 0 fully saturated rings. The summed E-state index contributed by atoms with van der Waals surface area (Å²) >= 11 is 0. The first-order valence-corrected chi connectivity index (χ1v) is 17.1. The molecule has 5 nitrogen and oxygen atoms in total. The third-order valence-electron chi connectivity index (χ3n) is 10.9. The van der Waals surface area contributed by atoms with Crippen LogP contribution < -0.4 is 0 Å². The van der Waals surface area contributed by atoms with Crippen LogP contribution in [0.25, 0.3) is 110 Å². The zero-order valence-electron chi connectivity index (χ0n) is 27.1. The molecule has 0 spiro atoms. The van der Waals surface area contributed by atoms with Crippen molar-refractivity contribution in [3.05, 3.63) is 146 Å². The van der Waals surface area contributed by atoms with Crippen LogP contribution in [-0.2, 0) is 7.05 Å². The molecule has 0 atom stereocenters. The van der Waals surface area contributed by atoms with E-state index in [1.54, 1.807) is 0 Å². The molecule has 5 aromatic heterocycles. The summed E-state index contributed by atoms with van der Waals surface area (Å²) in [5.41, 5.74) is 14.3. The van der Waals surface area contributed by atoms with Crippen LogP contribution in [0.2, 0.25) is 0 Å². The van der Waals surface area contributed by atoms with Crippen molar-refractivity contribution in [3.63, 3.8) is 0 Å². The lowest BCUT2D eigenvalue weighted by Gasteiger charge is -2.08. The van der Waals surface area contributed by atoms with Crippen molar-refractivity contribution >= 4 is 93.0 Å². The number of nitrogens with zero attached hydrogens (tertiary/aromatic N) is 5. The molecule has 0 aliphatic heterocycles. The summed E-state index contributed by atoms with van der Waals surface area (Å²) in [6.45, 7) is 0. The van der Waals surface area contributed by atoms with E-state index in [9.17, 15) is 0 Å². The molecule has 5 heterocycles. The summed E-state index contributed by atoms with van der Waals surface area (Å²) in [5, 5.41) is 8.59. The molecule has 12 aromatic rings. The minimum atomic E-state index is 0.891. The molecule has 232 valence electrons. The van der Waals surface area contributed by atoms with Crippen molar-refractivity contribution in [1.29, 1.82) is 0 Å². The van der Waals surface area contributed by atoms with Crippen LogP contribution in [0.5, 0.6) is 0 Å². The van der Waals surface area contributed by atoms with Crippen LogP contribution in [0.1, 0.15) is 0 Å². The van der Waals surface area contributed by atoms with E-state index in [0.29, 0.717) is 0 Å². The number of aryl methyl sites for hydroxylation is 1. The lowest BCUT2D eigenvalue weighted by atomic mass is 9.98. The maximum atomic E-state index is 5.29. The first kappa shape index (κ1) is 26.3. The Labute approximate surface area is 285 Å². The molecule has 0 radical (unpaired) electrons.